The number of hydrogen-bond acceptors (Lipinski definition) is 3. The molecule has 0 aliphatic heterocycles. The van der Waals surface area contributed by atoms with Crippen LogP contribution in [0.25, 0.3) is 11.2 Å². The Bertz CT molecular complexity index is 531. The van der Waals surface area contributed by atoms with E-state index >= 15 is 0 Å². The van der Waals surface area contributed by atoms with Crippen molar-refractivity contribution in [2.24, 2.45) is 0 Å². The molecule has 1 aliphatic rings. The number of hydrogen-bond donors (Lipinski definition) is 0. The van der Waals surface area contributed by atoms with Gasteiger partial charge >= 0.3 is 0 Å². The zero-order valence-corrected chi connectivity index (χ0v) is 8.72. The molecule has 2 aromatic heterocycles. The number of fused-ring (bicyclic) bond motifs is 1. The van der Waals surface area contributed by atoms with Gasteiger partial charge in [-0.2, -0.15) is 0 Å². The Hall–Kier alpha value is -1.42. The van der Waals surface area contributed by atoms with E-state index in [0.717, 1.165) is 18.5 Å². The Balaban J connectivity index is 2.19. The standard InChI is InChI=1S/C10H9ClN4/c11-9-8-10(13-5-12-9)15(6-14-8)7-3-1-2-4-7/h1,3,5-7H,2,4H2. The number of rotatable bonds is 1. The van der Waals surface area contributed by atoms with Gasteiger partial charge in [0.2, 0.25) is 0 Å². The van der Waals surface area contributed by atoms with E-state index in [4.69, 9.17) is 11.6 Å². The van der Waals surface area contributed by atoms with Crippen molar-refractivity contribution < 1.29 is 0 Å². The Kier molecular flexibility index (Phi) is 1.95. The maximum Gasteiger partial charge on any atom is 0.165 e. The molecule has 3 rings (SSSR count). The predicted octanol–water partition coefficient (Wildman–Crippen LogP) is 2.37. The zero-order valence-electron chi connectivity index (χ0n) is 7.97. The Morgan fingerprint density at radius 3 is 3.07 bits per heavy atom. The molecule has 0 bridgehead atoms. The zero-order chi connectivity index (χ0) is 10.3. The molecule has 1 aliphatic carbocycles. The maximum atomic E-state index is 5.93. The van der Waals surface area contributed by atoms with Crippen LogP contribution in [0.2, 0.25) is 5.15 Å². The van der Waals surface area contributed by atoms with Crippen molar-refractivity contribution in [3.8, 4) is 0 Å². The SMILES string of the molecule is Clc1ncnc2c1ncn2C1C=CCC1. The first-order chi connectivity index (χ1) is 7.36. The third-order valence-corrected chi connectivity index (χ3v) is 2.94. The fourth-order valence-electron chi connectivity index (χ4n) is 1.91. The minimum atomic E-state index is 0.362. The van der Waals surface area contributed by atoms with Gasteiger partial charge in [0.05, 0.1) is 12.4 Å². The van der Waals surface area contributed by atoms with E-state index < -0.39 is 0 Å². The van der Waals surface area contributed by atoms with Gasteiger partial charge < -0.3 is 4.57 Å². The normalized spacial score (nSPS) is 20.2. The highest BCUT2D eigenvalue weighted by Crippen LogP contribution is 2.27. The fourth-order valence-corrected chi connectivity index (χ4v) is 2.09. The molecular weight excluding hydrogens is 212 g/mol. The molecule has 0 N–H and O–H groups in total. The summed E-state index contributed by atoms with van der Waals surface area (Å²) in [6.45, 7) is 0. The van der Waals surface area contributed by atoms with Gasteiger partial charge in [-0.3, -0.25) is 0 Å². The van der Waals surface area contributed by atoms with Crippen LogP contribution in [0.4, 0.5) is 0 Å². The third kappa shape index (κ3) is 1.33. The highest BCUT2D eigenvalue weighted by Gasteiger charge is 2.16. The number of nitrogens with zero attached hydrogens (tertiary/aromatic N) is 4. The molecule has 1 unspecified atom stereocenters. The van der Waals surface area contributed by atoms with Crippen LogP contribution in [0.1, 0.15) is 18.9 Å². The quantitative estimate of drug-likeness (QED) is 0.548. The summed E-state index contributed by atoms with van der Waals surface area (Å²) < 4.78 is 2.05. The van der Waals surface area contributed by atoms with E-state index in [1.54, 1.807) is 6.33 Å². The lowest BCUT2D eigenvalue weighted by molar-refractivity contribution is 0.601. The molecule has 0 radical (unpaired) electrons. The van der Waals surface area contributed by atoms with E-state index in [0.29, 0.717) is 16.7 Å². The van der Waals surface area contributed by atoms with Crippen molar-refractivity contribution in [2.75, 3.05) is 0 Å². The fraction of sp³-hybridized carbons (Fsp3) is 0.300. The first kappa shape index (κ1) is 8.85. The highest BCUT2D eigenvalue weighted by molar-refractivity contribution is 6.33. The Morgan fingerprint density at radius 2 is 2.27 bits per heavy atom. The number of allylic oxidation sites excluding steroid dienone is 2. The van der Waals surface area contributed by atoms with Gasteiger partial charge in [0, 0.05) is 0 Å². The summed E-state index contributed by atoms with van der Waals surface area (Å²) in [7, 11) is 0. The van der Waals surface area contributed by atoms with Crippen LogP contribution in [0.3, 0.4) is 0 Å². The second-order valence-corrected chi connectivity index (χ2v) is 3.92. The van der Waals surface area contributed by atoms with Gasteiger partial charge in [-0.25, -0.2) is 15.0 Å². The van der Waals surface area contributed by atoms with Crippen molar-refractivity contribution in [3.63, 3.8) is 0 Å². The minimum Gasteiger partial charge on any atom is -0.308 e. The van der Waals surface area contributed by atoms with Crippen LogP contribution in [0, 0.1) is 0 Å². The molecule has 76 valence electrons. The molecule has 0 aromatic carbocycles. The average molecular weight is 221 g/mol. The van der Waals surface area contributed by atoms with E-state index in [1.807, 2.05) is 4.57 Å². The molecule has 2 aromatic rings. The van der Waals surface area contributed by atoms with Gasteiger partial charge in [-0.15, -0.1) is 0 Å². The molecule has 5 heteroatoms. The maximum absolute atomic E-state index is 5.93. The number of aromatic nitrogens is 4. The van der Waals surface area contributed by atoms with Crippen LogP contribution in [0.5, 0.6) is 0 Å². The Morgan fingerprint density at radius 1 is 1.33 bits per heavy atom. The van der Waals surface area contributed by atoms with Crippen LogP contribution in [0.15, 0.2) is 24.8 Å². The van der Waals surface area contributed by atoms with Gasteiger partial charge in [0.15, 0.2) is 10.8 Å². The van der Waals surface area contributed by atoms with E-state index in [9.17, 15) is 0 Å². The van der Waals surface area contributed by atoms with Gasteiger partial charge in [0.25, 0.3) is 0 Å². The Labute approximate surface area is 91.6 Å². The first-order valence-corrected chi connectivity index (χ1v) is 5.24. The molecule has 0 fully saturated rings. The molecule has 4 nitrogen and oxygen atoms in total. The lowest BCUT2D eigenvalue weighted by atomic mass is 10.2. The summed E-state index contributed by atoms with van der Waals surface area (Å²) in [5.41, 5.74) is 1.49. The van der Waals surface area contributed by atoms with Gasteiger partial charge in [-0.05, 0) is 12.8 Å². The monoisotopic (exact) mass is 220 g/mol. The average Bonchev–Trinajstić information content (AvgIpc) is 2.85. The number of imidazole rings is 1. The summed E-state index contributed by atoms with van der Waals surface area (Å²) in [4.78, 5) is 12.4. The molecule has 0 amide bonds. The summed E-state index contributed by atoms with van der Waals surface area (Å²) in [6, 6.07) is 0.362. The van der Waals surface area contributed by atoms with E-state index in [-0.39, 0.29) is 0 Å². The van der Waals surface area contributed by atoms with Crippen LogP contribution >= 0.6 is 11.6 Å². The first-order valence-electron chi connectivity index (χ1n) is 4.86. The lowest BCUT2D eigenvalue weighted by Crippen LogP contribution is -2.02. The van der Waals surface area contributed by atoms with Gasteiger partial charge in [0.1, 0.15) is 11.8 Å². The lowest BCUT2D eigenvalue weighted by Gasteiger charge is -2.09. The molecule has 0 spiro atoms. The van der Waals surface area contributed by atoms with Gasteiger partial charge in [-0.1, -0.05) is 23.8 Å². The third-order valence-electron chi connectivity index (χ3n) is 2.66. The van der Waals surface area contributed by atoms with Crippen molar-refractivity contribution in [3.05, 3.63) is 30.0 Å². The smallest absolute Gasteiger partial charge is 0.165 e. The van der Waals surface area contributed by atoms with E-state index in [1.165, 1.54) is 6.33 Å². The van der Waals surface area contributed by atoms with Crippen molar-refractivity contribution in [1.82, 2.24) is 19.5 Å². The molecule has 15 heavy (non-hydrogen) atoms. The molecular formula is C10H9ClN4. The summed E-state index contributed by atoms with van der Waals surface area (Å²) in [5, 5.41) is 0.417. The molecule has 2 heterocycles. The van der Waals surface area contributed by atoms with Crippen LogP contribution in [-0.4, -0.2) is 19.5 Å². The van der Waals surface area contributed by atoms with Crippen LogP contribution < -0.4 is 0 Å². The summed E-state index contributed by atoms with van der Waals surface area (Å²) in [6.07, 6.45) is 9.83. The largest absolute Gasteiger partial charge is 0.308 e. The number of halogens is 1. The van der Waals surface area contributed by atoms with Crippen molar-refractivity contribution >= 4 is 22.8 Å². The second-order valence-electron chi connectivity index (χ2n) is 3.56. The molecule has 0 saturated carbocycles. The summed E-state index contributed by atoms with van der Waals surface area (Å²) >= 11 is 5.93. The van der Waals surface area contributed by atoms with Crippen molar-refractivity contribution in [2.45, 2.75) is 18.9 Å². The van der Waals surface area contributed by atoms with E-state index in [2.05, 4.69) is 27.1 Å². The predicted molar refractivity (Wildman–Crippen MR) is 57.7 cm³/mol. The molecule has 0 saturated heterocycles. The topological polar surface area (TPSA) is 43.6 Å². The minimum absolute atomic E-state index is 0.362. The van der Waals surface area contributed by atoms with Crippen LogP contribution in [-0.2, 0) is 0 Å². The molecule has 1 atom stereocenters. The summed E-state index contributed by atoms with van der Waals surface area (Å²) in [5.74, 6) is 0. The highest BCUT2D eigenvalue weighted by atomic mass is 35.5. The van der Waals surface area contributed by atoms with Crippen molar-refractivity contribution in [1.29, 1.82) is 0 Å². The second kappa shape index (κ2) is 3.31.